The lowest BCUT2D eigenvalue weighted by Gasteiger charge is -2.23. The third kappa shape index (κ3) is 3.62. The average molecular weight is 469 g/mol. The van der Waals surface area contributed by atoms with Gasteiger partial charge in [0, 0.05) is 28.0 Å². The molecule has 0 bridgehead atoms. The van der Waals surface area contributed by atoms with E-state index < -0.39 is 6.04 Å². The molecule has 0 spiro atoms. The number of hydrazone groups is 1. The minimum absolute atomic E-state index is 0.302. The van der Waals surface area contributed by atoms with E-state index in [0.717, 1.165) is 22.2 Å². The Morgan fingerprint density at radius 2 is 1.74 bits per heavy atom. The van der Waals surface area contributed by atoms with E-state index in [9.17, 15) is 4.39 Å². The van der Waals surface area contributed by atoms with Crippen molar-refractivity contribution in [2.45, 2.75) is 12.5 Å². The first-order valence-electron chi connectivity index (χ1n) is 10.8. The summed E-state index contributed by atoms with van der Waals surface area (Å²) in [4.78, 5) is 9.71. The van der Waals surface area contributed by atoms with Crippen LogP contribution in [0.5, 0.6) is 0 Å². The Morgan fingerprint density at radius 3 is 2.53 bits per heavy atom. The van der Waals surface area contributed by atoms with Crippen LogP contribution in [0.3, 0.4) is 0 Å². The molecule has 0 radical (unpaired) electrons. The molecule has 3 heterocycles. The fourth-order valence-corrected chi connectivity index (χ4v) is 4.45. The highest BCUT2D eigenvalue weighted by molar-refractivity contribution is 6.31. The molecule has 1 unspecified atom stereocenters. The molecular formula is C27H18ClFN4O. The minimum atomic E-state index is -0.422. The van der Waals surface area contributed by atoms with E-state index in [0.29, 0.717) is 34.4 Å². The zero-order valence-corrected chi connectivity index (χ0v) is 18.7. The van der Waals surface area contributed by atoms with Gasteiger partial charge >= 0.3 is 0 Å². The number of hydrogen-bond donors (Lipinski definition) is 0. The van der Waals surface area contributed by atoms with Crippen LogP contribution in [0.4, 0.5) is 10.3 Å². The molecule has 2 aromatic heterocycles. The normalized spacial score (nSPS) is 15.6. The van der Waals surface area contributed by atoms with Crippen LogP contribution in [0.2, 0.25) is 5.02 Å². The molecule has 1 aliphatic rings. The second-order valence-electron chi connectivity index (χ2n) is 8.01. The molecule has 3 aromatic carbocycles. The molecule has 1 aliphatic heterocycles. The number of hydrogen-bond acceptors (Lipinski definition) is 5. The number of fused-ring (bicyclic) bond motifs is 1. The number of halogens is 2. The van der Waals surface area contributed by atoms with Gasteiger partial charge in [-0.15, -0.1) is 0 Å². The van der Waals surface area contributed by atoms with Gasteiger partial charge < -0.3 is 4.42 Å². The van der Waals surface area contributed by atoms with Crippen molar-refractivity contribution in [1.82, 2.24) is 9.97 Å². The van der Waals surface area contributed by atoms with Crippen molar-refractivity contribution >= 4 is 34.2 Å². The van der Waals surface area contributed by atoms with E-state index in [2.05, 4.69) is 0 Å². The van der Waals surface area contributed by atoms with Crippen LogP contribution in [-0.2, 0) is 0 Å². The van der Waals surface area contributed by atoms with Crippen molar-refractivity contribution in [3.8, 4) is 11.3 Å². The number of furan rings is 1. The molecule has 5 nitrogen and oxygen atoms in total. The lowest BCUT2D eigenvalue weighted by molar-refractivity contribution is 0.554. The van der Waals surface area contributed by atoms with Crippen LogP contribution in [0.1, 0.15) is 23.8 Å². The molecule has 0 saturated heterocycles. The van der Waals surface area contributed by atoms with Gasteiger partial charge in [0.15, 0.2) is 0 Å². The molecule has 6 rings (SSSR count). The summed E-state index contributed by atoms with van der Waals surface area (Å²) in [5.74, 6) is 0.715. The monoisotopic (exact) mass is 468 g/mol. The zero-order chi connectivity index (χ0) is 23.1. The van der Waals surface area contributed by atoms with E-state index >= 15 is 0 Å². The lowest BCUT2D eigenvalue weighted by atomic mass is 10.0. The van der Waals surface area contributed by atoms with Gasteiger partial charge in [0.25, 0.3) is 0 Å². The fraction of sp³-hybridized carbons (Fsp3) is 0.0741. The van der Waals surface area contributed by atoms with Crippen LogP contribution >= 0.6 is 11.6 Å². The molecule has 34 heavy (non-hydrogen) atoms. The van der Waals surface area contributed by atoms with Crippen molar-refractivity contribution < 1.29 is 8.81 Å². The summed E-state index contributed by atoms with van der Waals surface area (Å²) in [6.07, 6.45) is 2.06. The van der Waals surface area contributed by atoms with Gasteiger partial charge in [-0.2, -0.15) is 5.10 Å². The smallest absolute Gasteiger partial charge is 0.247 e. The van der Waals surface area contributed by atoms with Crippen molar-refractivity contribution in [2.24, 2.45) is 5.10 Å². The van der Waals surface area contributed by atoms with E-state index in [-0.39, 0.29) is 5.82 Å². The second-order valence-corrected chi connectivity index (χ2v) is 8.45. The van der Waals surface area contributed by atoms with Gasteiger partial charge in [0.05, 0.1) is 23.5 Å². The summed E-state index contributed by atoms with van der Waals surface area (Å²) in [7, 11) is 0. The first-order chi connectivity index (χ1) is 16.7. The van der Waals surface area contributed by atoms with E-state index in [1.54, 1.807) is 29.5 Å². The maximum atomic E-state index is 14.9. The van der Waals surface area contributed by atoms with Crippen molar-refractivity contribution in [3.05, 3.63) is 113 Å². The van der Waals surface area contributed by atoms with Gasteiger partial charge in [0.1, 0.15) is 17.3 Å². The highest BCUT2D eigenvalue weighted by atomic mass is 35.5. The number of aromatic nitrogens is 2. The predicted molar refractivity (Wildman–Crippen MR) is 131 cm³/mol. The maximum Gasteiger partial charge on any atom is 0.247 e. The second kappa shape index (κ2) is 8.39. The minimum Gasteiger partial charge on any atom is -0.463 e. The average Bonchev–Trinajstić information content (AvgIpc) is 3.55. The molecule has 7 heteroatoms. The highest BCUT2D eigenvalue weighted by Crippen LogP contribution is 2.38. The maximum absolute atomic E-state index is 14.9. The summed E-state index contributed by atoms with van der Waals surface area (Å²) < 4.78 is 20.5. The molecule has 0 N–H and O–H groups in total. The Kier molecular flexibility index (Phi) is 5.08. The third-order valence-electron chi connectivity index (χ3n) is 5.88. The number of anilines is 1. The lowest BCUT2D eigenvalue weighted by Crippen LogP contribution is -2.22. The van der Waals surface area contributed by atoms with Crippen molar-refractivity contribution in [2.75, 3.05) is 5.01 Å². The standard InChI is InChI=1S/C27H18ClFN4O/c28-18-12-13-22-20(15-18)26(17-7-2-1-3-8-17)31-27(30-22)33-24(19-9-4-5-10-21(19)29)16-23(32-33)25-11-6-14-34-25/h1-15,24H,16H2. The molecule has 0 saturated carbocycles. The predicted octanol–water partition coefficient (Wildman–Crippen LogP) is 7.04. The highest BCUT2D eigenvalue weighted by Gasteiger charge is 2.34. The van der Waals surface area contributed by atoms with Gasteiger partial charge in [-0.05, 0) is 36.4 Å². The summed E-state index contributed by atoms with van der Waals surface area (Å²) in [6, 6.07) is 25.3. The van der Waals surface area contributed by atoms with Crippen molar-refractivity contribution in [1.29, 1.82) is 0 Å². The number of rotatable bonds is 4. The Labute approximate surface area is 200 Å². The summed E-state index contributed by atoms with van der Waals surface area (Å²) >= 11 is 6.30. The summed E-state index contributed by atoms with van der Waals surface area (Å²) in [6.45, 7) is 0. The molecule has 0 aliphatic carbocycles. The molecule has 1 atom stereocenters. The van der Waals surface area contributed by atoms with Crippen LogP contribution in [0.15, 0.2) is 101 Å². The molecule has 0 fully saturated rings. The SMILES string of the molecule is Fc1ccccc1C1CC(c2ccco2)=NN1c1nc(-c2ccccc2)c2cc(Cl)ccc2n1. The number of benzene rings is 3. The topological polar surface area (TPSA) is 54.5 Å². The van der Waals surface area contributed by atoms with E-state index in [1.807, 2.05) is 60.7 Å². The van der Waals surface area contributed by atoms with Crippen LogP contribution in [0, 0.1) is 5.82 Å². The Hall–Kier alpha value is -4.03. The summed E-state index contributed by atoms with van der Waals surface area (Å²) in [5, 5.41) is 7.92. The fourth-order valence-electron chi connectivity index (χ4n) is 4.28. The Bertz CT molecular complexity index is 1520. The zero-order valence-electron chi connectivity index (χ0n) is 17.9. The largest absolute Gasteiger partial charge is 0.463 e. The van der Waals surface area contributed by atoms with Crippen LogP contribution in [-0.4, -0.2) is 15.7 Å². The molecule has 166 valence electrons. The van der Waals surface area contributed by atoms with Gasteiger partial charge in [-0.3, -0.25) is 0 Å². The van der Waals surface area contributed by atoms with Crippen LogP contribution in [0.25, 0.3) is 22.2 Å². The summed E-state index contributed by atoms with van der Waals surface area (Å²) in [5.41, 5.74) is 3.61. The van der Waals surface area contributed by atoms with E-state index in [4.69, 9.17) is 31.1 Å². The van der Waals surface area contributed by atoms with Crippen LogP contribution < -0.4 is 5.01 Å². The number of nitrogens with zero attached hydrogens (tertiary/aromatic N) is 4. The molecular weight excluding hydrogens is 451 g/mol. The van der Waals surface area contributed by atoms with Gasteiger partial charge in [0.2, 0.25) is 5.95 Å². The molecule has 0 amide bonds. The van der Waals surface area contributed by atoms with E-state index in [1.165, 1.54) is 6.07 Å². The van der Waals surface area contributed by atoms with Gasteiger partial charge in [-0.25, -0.2) is 19.4 Å². The quantitative estimate of drug-likeness (QED) is 0.284. The first kappa shape index (κ1) is 20.6. The molecule has 5 aromatic rings. The van der Waals surface area contributed by atoms with Gasteiger partial charge in [-0.1, -0.05) is 60.1 Å². The first-order valence-corrected chi connectivity index (χ1v) is 11.2. The Morgan fingerprint density at radius 1 is 0.912 bits per heavy atom. The Balaban J connectivity index is 1.56. The third-order valence-corrected chi connectivity index (χ3v) is 6.11. The van der Waals surface area contributed by atoms with Crippen molar-refractivity contribution in [3.63, 3.8) is 0 Å².